The van der Waals surface area contributed by atoms with Crippen molar-refractivity contribution >= 4 is 10.3 Å². The molecule has 0 radical (unpaired) electrons. The van der Waals surface area contributed by atoms with Crippen LogP contribution < -0.4 is 9.32 Å². The van der Waals surface area contributed by atoms with Crippen LogP contribution in [0.3, 0.4) is 0 Å². The van der Waals surface area contributed by atoms with Crippen molar-refractivity contribution < 1.29 is 17.3 Å². The van der Waals surface area contributed by atoms with Gasteiger partial charge >= 0.3 is 10.3 Å². The largest absolute Gasteiger partial charge is 0.380 e. The van der Waals surface area contributed by atoms with Crippen LogP contribution >= 0.6 is 0 Å². The van der Waals surface area contributed by atoms with E-state index in [1.54, 1.807) is 19.2 Å². The van der Waals surface area contributed by atoms with Crippen molar-refractivity contribution in [2.45, 2.75) is 6.61 Å². The Morgan fingerprint density at radius 3 is 2.29 bits per heavy atom. The van der Waals surface area contributed by atoms with Crippen molar-refractivity contribution in [3.63, 3.8) is 0 Å². The first-order valence-electron chi connectivity index (χ1n) is 3.81. The molecular weight excluding hydrogens is 206 g/mol. The van der Waals surface area contributed by atoms with E-state index in [9.17, 15) is 8.42 Å². The Kier molecular flexibility index (Phi) is 3.45. The number of benzene rings is 1. The molecule has 0 aromatic heterocycles. The van der Waals surface area contributed by atoms with Gasteiger partial charge in [0.25, 0.3) is 0 Å². The van der Waals surface area contributed by atoms with Crippen molar-refractivity contribution in [3.05, 3.63) is 29.8 Å². The monoisotopic (exact) mass is 217 g/mol. The number of methoxy groups -OCH3 is 1. The first-order chi connectivity index (χ1) is 6.51. The van der Waals surface area contributed by atoms with Gasteiger partial charge in [-0.1, -0.05) is 12.1 Å². The van der Waals surface area contributed by atoms with E-state index < -0.39 is 10.3 Å². The first-order valence-corrected chi connectivity index (χ1v) is 5.28. The Morgan fingerprint density at radius 1 is 1.29 bits per heavy atom. The number of nitrogens with two attached hydrogens (primary N) is 1. The maximum atomic E-state index is 10.5. The van der Waals surface area contributed by atoms with Gasteiger partial charge in [0.1, 0.15) is 5.75 Å². The summed E-state index contributed by atoms with van der Waals surface area (Å²) in [4.78, 5) is 0. The molecule has 0 aliphatic carbocycles. The molecule has 0 aliphatic heterocycles. The Hall–Kier alpha value is -1.11. The van der Waals surface area contributed by atoms with Gasteiger partial charge in [0.15, 0.2) is 0 Å². The minimum Gasteiger partial charge on any atom is -0.380 e. The van der Waals surface area contributed by atoms with Crippen LogP contribution in [0.1, 0.15) is 5.56 Å². The third kappa shape index (κ3) is 3.73. The Balaban J connectivity index is 2.74. The molecule has 0 aliphatic rings. The predicted octanol–water partition coefficient (Wildman–Crippen LogP) is 0.415. The molecule has 78 valence electrons. The summed E-state index contributed by atoms with van der Waals surface area (Å²) in [6.45, 7) is 0.468. The van der Waals surface area contributed by atoms with Crippen LogP contribution in [0.5, 0.6) is 5.75 Å². The third-order valence-corrected chi connectivity index (χ3v) is 1.87. The summed E-state index contributed by atoms with van der Waals surface area (Å²) < 4.78 is 30.4. The summed E-state index contributed by atoms with van der Waals surface area (Å²) in [6.07, 6.45) is 0. The third-order valence-electron chi connectivity index (χ3n) is 1.45. The topological polar surface area (TPSA) is 78.6 Å². The van der Waals surface area contributed by atoms with Crippen molar-refractivity contribution in [1.82, 2.24) is 0 Å². The molecule has 1 rings (SSSR count). The van der Waals surface area contributed by atoms with Gasteiger partial charge in [0, 0.05) is 7.11 Å². The lowest BCUT2D eigenvalue weighted by atomic mass is 10.2. The molecule has 0 saturated carbocycles. The first kappa shape index (κ1) is 11.0. The number of hydrogen-bond donors (Lipinski definition) is 1. The summed E-state index contributed by atoms with van der Waals surface area (Å²) in [5.41, 5.74) is 0.925. The summed E-state index contributed by atoms with van der Waals surface area (Å²) in [6, 6.07) is 6.42. The minimum absolute atomic E-state index is 0.187. The van der Waals surface area contributed by atoms with Gasteiger partial charge in [0.05, 0.1) is 6.61 Å². The van der Waals surface area contributed by atoms with Gasteiger partial charge in [-0.25, -0.2) is 0 Å². The molecule has 0 fully saturated rings. The van der Waals surface area contributed by atoms with E-state index in [-0.39, 0.29) is 5.75 Å². The van der Waals surface area contributed by atoms with Crippen molar-refractivity contribution in [3.8, 4) is 5.75 Å². The lowest BCUT2D eigenvalue weighted by Gasteiger charge is -2.03. The zero-order chi connectivity index (χ0) is 10.6. The Labute approximate surface area is 82.7 Å². The van der Waals surface area contributed by atoms with E-state index in [1.165, 1.54) is 12.1 Å². The molecule has 0 unspecified atom stereocenters. The fraction of sp³-hybridized carbons (Fsp3) is 0.250. The normalized spacial score (nSPS) is 11.3. The number of rotatable bonds is 4. The zero-order valence-electron chi connectivity index (χ0n) is 7.64. The van der Waals surface area contributed by atoms with Crippen LogP contribution in [0.2, 0.25) is 0 Å². The van der Waals surface area contributed by atoms with Crippen LogP contribution in [0.15, 0.2) is 24.3 Å². The fourth-order valence-electron chi connectivity index (χ4n) is 0.942. The van der Waals surface area contributed by atoms with E-state index in [0.29, 0.717) is 6.61 Å². The highest BCUT2D eigenvalue weighted by Crippen LogP contribution is 2.13. The minimum atomic E-state index is -3.93. The highest BCUT2D eigenvalue weighted by molar-refractivity contribution is 7.84. The van der Waals surface area contributed by atoms with Gasteiger partial charge in [-0.3, -0.25) is 0 Å². The average molecular weight is 217 g/mol. The van der Waals surface area contributed by atoms with Crippen LogP contribution in [-0.4, -0.2) is 15.5 Å². The maximum absolute atomic E-state index is 10.5. The number of hydrogen-bond acceptors (Lipinski definition) is 4. The highest BCUT2D eigenvalue weighted by atomic mass is 32.2. The highest BCUT2D eigenvalue weighted by Gasteiger charge is 2.03. The second-order valence-electron chi connectivity index (χ2n) is 2.65. The molecule has 14 heavy (non-hydrogen) atoms. The van der Waals surface area contributed by atoms with Crippen LogP contribution in [-0.2, 0) is 21.6 Å². The maximum Gasteiger partial charge on any atom is 0.380 e. The van der Waals surface area contributed by atoms with Crippen molar-refractivity contribution in [2.75, 3.05) is 7.11 Å². The molecule has 1 aromatic carbocycles. The van der Waals surface area contributed by atoms with Gasteiger partial charge in [-0.05, 0) is 17.7 Å². The molecule has 2 N–H and O–H groups in total. The summed E-state index contributed by atoms with van der Waals surface area (Å²) in [5, 5.41) is 4.69. The Morgan fingerprint density at radius 2 is 1.86 bits per heavy atom. The lowest BCUT2D eigenvalue weighted by molar-refractivity contribution is 0.185. The van der Waals surface area contributed by atoms with Gasteiger partial charge < -0.3 is 8.92 Å². The smallest absolute Gasteiger partial charge is 0.380 e. The molecule has 0 spiro atoms. The molecule has 5 nitrogen and oxygen atoms in total. The van der Waals surface area contributed by atoms with Crippen molar-refractivity contribution in [2.24, 2.45) is 5.14 Å². The molecule has 0 saturated heterocycles. The summed E-state index contributed by atoms with van der Waals surface area (Å²) in [5.74, 6) is 0.187. The molecular formula is C8H11NO4S. The molecule has 0 amide bonds. The van der Waals surface area contributed by atoms with Crippen molar-refractivity contribution in [1.29, 1.82) is 0 Å². The molecule has 0 atom stereocenters. The zero-order valence-corrected chi connectivity index (χ0v) is 8.45. The quantitative estimate of drug-likeness (QED) is 0.792. The van der Waals surface area contributed by atoms with E-state index in [1.807, 2.05) is 0 Å². The van der Waals surface area contributed by atoms with Crippen LogP contribution in [0.25, 0.3) is 0 Å². The van der Waals surface area contributed by atoms with Gasteiger partial charge in [-0.15, -0.1) is 0 Å². The van der Waals surface area contributed by atoms with Gasteiger partial charge in [-0.2, -0.15) is 13.6 Å². The second kappa shape index (κ2) is 4.41. The molecule has 0 bridgehead atoms. The molecule has 6 heteroatoms. The van der Waals surface area contributed by atoms with E-state index >= 15 is 0 Å². The number of ether oxygens (including phenoxy) is 1. The average Bonchev–Trinajstić information content (AvgIpc) is 2.06. The molecule has 1 aromatic rings. The van der Waals surface area contributed by atoms with Crippen LogP contribution in [0.4, 0.5) is 0 Å². The summed E-state index contributed by atoms with van der Waals surface area (Å²) in [7, 11) is -2.36. The Bertz CT molecular complexity index is 384. The second-order valence-corrected chi connectivity index (χ2v) is 3.81. The lowest BCUT2D eigenvalue weighted by Crippen LogP contribution is -2.18. The SMILES string of the molecule is COCc1ccc(OS(N)(=O)=O)cc1. The van der Waals surface area contributed by atoms with E-state index in [2.05, 4.69) is 9.32 Å². The molecule has 0 heterocycles. The fourth-order valence-corrected chi connectivity index (χ4v) is 1.32. The predicted molar refractivity (Wildman–Crippen MR) is 50.9 cm³/mol. The summed E-state index contributed by atoms with van der Waals surface area (Å²) >= 11 is 0. The van der Waals surface area contributed by atoms with E-state index in [0.717, 1.165) is 5.56 Å². The van der Waals surface area contributed by atoms with Crippen LogP contribution in [0, 0.1) is 0 Å². The standard InChI is InChI=1S/C8H11NO4S/c1-12-6-7-2-4-8(5-3-7)13-14(9,10)11/h2-5H,6H2,1H3,(H2,9,10,11). The van der Waals surface area contributed by atoms with E-state index in [4.69, 9.17) is 4.74 Å². The van der Waals surface area contributed by atoms with Gasteiger partial charge in [0.2, 0.25) is 0 Å².